The number of aromatic amines is 1. The maximum absolute atomic E-state index is 12.0. The molecule has 122 valence electrons. The van der Waals surface area contributed by atoms with Gasteiger partial charge in [-0.15, -0.1) is 10.2 Å². The van der Waals surface area contributed by atoms with Crippen LogP contribution in [0.4, 0.5) is 5.69 Å². The first-order chi connectivity index (χ1) is 11.8. The number of methoxy groups -OCH3 is 1. The lowest BCUT2D eigenvalue weighted by Crippen LogP contribution is -2.20. The van der Waals surface area contributed by atoms with Gasteiger partial charge < -0.3 is 14.8 Å². The summed E-state index contributed by atoms with van der Waals surface area (Å²) in [7, 11) is 1.55. The number of rotatable bonds is 6. The normalized spacial score (nSPS) is 10.2. The van der Waals surface area contributed by atoms with Gasteiger partial charge >= 0.3 is 0 Å². The summed E-state index contributed by atoms with van der Waals surface area (Å²) >= 11 is 0. The molecule has 0 fully saturated rings. The standard InChI is InChI=1S/C16H15N5O3/c1-23-13-4-2-3-5-14(13)24-10-15(22)17-12-8-6-11(7-9-12)16-18-20-21-19-16/h2-9H,10H2,1H3,(H,17,22)(H,18,19,20,21). The van der Waals surface area contributed by atoms with E-state index in [0.717, 1.165) is 5.56 Å². The predicted octanol–water partition coefficient (Wildman–Crippen LogP) is 1.89. The number of tetrazole rings is 1. The molecule has 0 saturated carbocycles. The summed E-state index contributed by atoms with van der Waals surface area (Å²) in [4.78, 5) is 12.0. The lowest BCUT2D eigenvalue weighted by Gasteiger charge is -2.10. The molecule has 1 amide bonds. The zero-order valence-corrected chi connectivity index (χ0v) is 12.9. The highest BCUT2D eigenvalue weighted by Crippen LogP contribution is 2.25. The van der Waals surface area contributed by atoms with E-state index < -0.39 is 0 Å². The van der Waals surface area contributed by atoms with Gasteiger partial charge in [0.1, 0.15) is 0 Å². The molecule has 0 unspecified atom stereocenters. The number of benzene rings is 2. The first-order valence-electron chi connectivity index (χ1n) is 7.16. The third kappa shape index (κ3) is 3.67. The van der Waals surface area contributed by atoms with Crippen LogP contribution < -0.4 is 14.8 Å². The molecule has 0 aliphatic carbocycles. The molecule has 0 bridgehead atoms. The summed E-state index contributed by atoms with van der Waals surface area (Å²) in [5.74, 6) is 1.32. The fourth-order valence-electron chi connectivity index (χ4n) is 2.07. The highest BCUT2D eigenvalue weighted by atomic mass is 16.5. The highest BCUT2D eigenvalue weighted by Gasteiger charge is 2.08. The Hall–Kier alpha value is -3.42. The Bertz CT molecular complexity index is 803. The van der Waals surface area contributed by atoms with E-state index >= 15 is 0 Å². The average molecular weight is 325 g/mol. The molecule has 0 aliphatic rings. The van der Waals surface area contributed by atoms with Crippen molar-refractivity contribution in [2.24, 2.45) is 0 Å². The Morgan fingerprint density at radius 3 is 2.54 bits per heavy atom. The number of para-hydroxylation sites is 2. The number of hydrogen-bond donors (Lipinski definition) is 2. The molecule has 0 aliphatic heterocycles. The van der Waals surface area contributed by atoms with Crippen molar-refractivity contribution in [1.29, 1.82) is 0 Å². The van der Waals surface area contributed by atoms with Crippen molar-refractivity contribution in [2.45, 2.75) is 0 Å². The molecular weight excluding hydrogens is 310 g/mol. The second kappa shape index (κ2) is 7.23. The fourth-order valence-corrected chi connectivity index (χ4v) is 2.07. The fraction of sp³-hybridized carbons (Fsp3) is 0.125. The molecule has 0 radical (unpaired) electrons. The van der Waals surface area contributed by atoms with Crippen molar-refractivity contribution in [3.05, 3.63) is 48.5 Å². The Labute approximate surface area is 137 Å². The van der Waals surface area contributed by atoms with E-state index in [4.69, 9.17) is 9.47 Å². The number of nitrogens with zero attached hydrogens (tertiary/aromatic N) is 3. The van der Waals surface area contributed by atoms with Crippen LogP contribution in [0, 0.1) is 0 Å². The largest absolute Gasteiger partial charge is 0.493 e. The van der Waals surface area contributed by atoms with E-state index in [1.165, 1.54) is 0 Å². The van der Waals surface area contributed by atoms with Crippen LogP contribution in [0.1, 0.15) is 0 Å². The van der Waals surface area contributed by atoms with Crippen LogP contribution in [0.15, 0.2) is 48.5 Å². The molecular formula is C16H15N5O3. The van der Waals surface area contributed by atoms with E-state index in [2.05, 4.69) is 25.9 Å². The number of carbonyl (C=O) groups excluding carboxylic acids is 1. The molecule has 2 aromatic carbocycles. The van der Waals surface area contributed by atoms with E-state index in [1.807, 2.05) is 12.1 Å². The number of aromatic nitrogens is 4. The second-order valence-electron chi connectivity index (χ2n) is 4.80. The molecule has 2 N–H and O–H groups in total. The van der Waals surface area contributed by atoms with Crippen molar-refractivity contribution >= 4 is 11.6 Å². The number of hydrogen-bond acceptors (Lipinski definition) is 6. The molecule has 8 nitrogen and oxygen atoms in total. The minimum atomic E-state index is -0.270. The van der Waals surface area contributed by atoms with Gasteiger partial charge in [-0.1, -0.05) is 12.1 Å². The van der Waals surface area contributed by atoms with Gasteiger partial charge in [0, 0.05) is 11.3 Å². The Balaban J connectivity index is 1.57. The number of carbonyl (C=O) groups is 1. The number of ether oxygens (including phenoxy) is 2. The molecule has 8 heteroatoms. The molecule has 0 saturated heterocycles. The zero-order chi connectivity index (χ0) is 16.8. The SMILES string of the molecule is COc1ccccc1OCC(=O)Nc1ccc(-c2nn[nH]n2)cc1. The van der Waals surface area contributed by atoms with Gasteiger partial charge in [-0.25, -0.2) is 0 Å². The maximum Gasteiger partial charge on any atom is 0.262 e. The maximum atomic E-state index is 12.0. The van der Waals surface area contributed by atoms with Crippen LogP contribution in [-0.2, 0) is 4.79 Å². The van der Waals surface area contributed by atoms with Gasteiger partial charge in [-0.05, 0) is 41.6 Å². The Morgan fingerprint density at radius 1 is 1.12 bits per heavy atom. The molecule has 0 atom stereocenters. The summed E-state index contributed by atoms with van der Waals surface area (Å²) in [6.45, 7) is -0.118. The summed E-state index contributed by atoms with van der Waals surface area (Å²) < 4.78 is 10.6. The minimum Gasteiger partial charge on any atom is -0.493 e. The molecule has 24 heavy (non-hydrogen) atoms. The van der Waals surface area contributed by atoms with Gasteiger partial charge in [-0.3, -0.25) is 4.79 Å². The number of anilines is 1. The first-order valence-corrected chi connectivity index (χ1v) is 7.16. The van der Waals surface area contributed by atoms with Crippen molar-refractivity contribution in [3.8, 4) is 22.9 Å². The quantitative estimate of drug-likeness (QED) is 0.717. The van der Waals surface area contributed by atoms with Crippen LogP contribution in [-0.4, -0.2) is 40.2 Å². The van der Waals surface area contributed by atoms with Crippen molar-refractivity contribution < 1.29 is 14.3 Å². The smallest absolute Gasteiger partial charge is 0.262 e. The first kappa shape index (κ1) is 15.5. The monoisotopic (exact) mass is 325 g/mol. The summed E-state index contributed by atoms with van der Waals surface area (Å²) in [6, 6.07) is 14.3. The highest BCUT2D eigenvalue weighted by molar-refractivity contribution is 5.92. The summed E-state index contributed by atoms with van der Waals surface area (Å²) in [6.07, 6.45) is 0. The van der Waals surface area contributed by atoms with Gasteiger partial charge in [0.25, 0.3) is 5.91 Å². The number of amides is 1. The lowest BCUT2D eigenvalue weighted by atomic mass is 10.2. The van der Waals surface area contributed by atoms with Gasteiger partial charge in [0.2, 0.25) is 5.82 Å². The lowest BCUT2D eigenvalue weighted by molar-refractivity contribution is -0.118. The summed E-state index contributed by atoms with van der Waals surface area (Å²) in [5, 5.41) is 16.4. The third-order valence-corrected chi connectivity index (χ3v) is 3.20. The Kier molecular flexibility index (Phi) is 4.66. The molecule has 1 aromatic heterocycles. The van der Waals surface area contributed by atoms with Crippen LogP contribution in [0.25, 0.3) is 11.4 Å². The van der Waals surface area contributed by atoms with Gasteiger partial charge in [0.05, 0.1) is 7.11 Å². The van der Waals surface area contributed by atoms with Crippen molar-refractivity contribution in [1.82, 2.24) is 20.6 Å². The Morgan fingerprint density at radius 2 is 1.88 bits per heavy atom. The summed E-state index contributed by atoms with van der Waals surface area (Å²) in [5.41, 5.74) is 1.45. The molecule has 3 rings (SSSR count). The van der Waals surface area contributed by atoms with E-state index in [1.54, 1.807) is 43.5 Å². The van der Waals surface area contributed by atoms with Crippen LogP contribution >= 0.6 is 0 Å². The van der Waals surface area contributed by atoms with Gasteiger partial charge in [0.15, 0.2) is 18.1 Å². The minimum absolute atomic E-state index is 0.118. The predicted molar refractivity (Wildman–Crippen MR) is 86.7 cm³/mol. The molecule has 3 aromatic rings. The number of nitrogens with one attached hydrogen (secondary N) is 2. The average Bonchev–Trinajstić information content (AvgIpc) is 3.15. The zero-order valence-electron chi connectivity index (χ0n) is 12.9. The van der Waals surface area contributed by atoms with E-state index in [-0.39, 0.29) is 12.5 Å². The van der Waals surface area contributed by atoms with Crippen LogP contribution in [0.2, 0.25) is 0 Å². The number of H-pyrrole nitrogens is 1. The topological polar surface area (TPSA) is 102 Å². The molecule has 1 heterocycles. The van der Waals surface area contributed by atoms with E-state index in [9.17, 15) is 4.79 Å². The van der Waals surface area contributed by atoms with Crippen LogP contribution in [0.5, 0.6) is 11.5 Å². The molecule has 0 spiro atoms. The van der Waals surface area contributed by atoms with Crippen molar-refractivity contribution in [3.63, 3.8) is 0 Å². The second-order valence-corrected chi connectivity index (χ2v) is 4.80. The van der Waals surface area contributed by atoms with E-state index in [0.29, 0.717) is 23.0 Å². The van der Waals surface area contributed by atoms with Gasteiger partial charge in [-0.2, -0.15) is 5.21 Å². The van der Waals surface area contributed by atoms with Crippen molar-refractivity contribution in [2.75, 3.05) is 19.0 Å². The third-order valence-electron chi connectivity index (χ3n) is 3.20. The van der Waals surface area contributed by atoms with Crippen LogP contribution in [0.3, 0.4) is 0 Å².